The zero-order valence-electron chi connectivity index (χ0n) is 10.0. The van der Waals surface area contributed by atoms with Crippen molar-refractivity contribution >= 4 is 16.5 Å². The molecule has 0 aliphatic heterocycles. The Balaban J connectivity index is 1.95. The summed E-state index contributed by atoms with van der Waals surface area (Å²) in [7, 11) is 0. The average molecular weight is 256 g/mol. The maximum absolute atomic E-state index is 9.15. The molecule has 0 radical (unpaired) electrons. The summed E-state index contributed by atoms with van der Waals surface area (Å²) in [4.78, 5) is 2.32. The van der Waals surface area contributed by atoms with Crippen LogP contribution >= 0.6 is 11.3 Å². The molecule has 1 aromatic heterocycles. The molecule has 1 heterocycles. The van der Waals surface area contributed by atoms with Gasteiger partial charge in [-0.3, -0.25) is 4.90 Å². The Morgan fingerprint density at radius 1 is 1.29 bits per heavy atom. The first-order valence-electron chi connectivity index (χ1n) is 6.22. The second-order valence-corrected chi connectivity index (χ2v) is 5.61. The van der Waals surface area contributed by atoms with E-state index in [9.17, 15) is 0 Å². The molecule has 1 aromatic rings. The summed E-state index contributed by atoms with van der Waals surface area (Å²) >= 11 is 1.44. The molecule has 3 N–H and O–H groups in total. The van der Waals surface area contributed by atoms with E-state index in [1.54, 1.807) is 0 Å². The van der Waals surface area contributed by atoms with Crippen LogP contribution in [0.2, 0.25) is 0 Å². The topological polar surface area (TPSA) is 75.3 Å². The van der Waals surface area contributed by atoms with Crippen LogP contribution in [0.25, 0.3) is 0 Å². The first-order chi connectivity index (χ1) is 8.29. The van der Waals surface area contributed by atoms with Crippen LogP contribution in [0.15, 0.2) is 0 Å². The van der Waals surface area contributed by atoms with Gasteiger partial charge in [-0.05, 0) is 12.8 Å². The first-order valence-corrected chi connectivity index (χ1v) is 7.04. The van der Waals surface area contributed by atoms with E-state index in [1.165, 1.54) is 43.4 Å². The van der Waals surface area contributed by atoms with E-state index >= 15 is 0 Å². The van der Waals surface area contributed by atoms with E-state index in [2.05, 4.69) is 15.1 Å². The van der Waals surface area contributed by atoms with Crippen molar-refractivity contribution in [3.63, 3.8) is 0 Å². The van der Waals surface area contributed by atoms with E-state index in [0.717, 1.165) is 11.6 Å². The molecule has 1 saturated carbocycles. The number of nitrogen functional groups attached to an aromatic ring is 1. The van der Waals surface area contributed by atoms with Crippen molar-refractivity contribution < 1.29 is 5.11 Å². The Bertz CT molecular complexity index is 338. The summed E-state index contributed by atoms with van der Waals surface area (Å²) < 4.78 is 0. The van der Waals surface area contributed by atoms with Gasteiger partial charge in [-0.2, -0.15) is 0 Å². The molecule has 1 aliphatic carbocycles. The van der Waals surface area contributed by atoms with Crippen LogP contribution in [0.1, 0.15) is 37.1 Å². The standard InChI is InChI=1S/C11H20N4OS/c12-11-14-13-10(17-11)8-15(6-7-16)9-4-2-1-3-5-9/h9,16H,1-8H2,(H2,12,14). The number of rotatable bonds is 5. The van der Waals surface area contributed by atoms with Crippen LogP contribution < -0.4 is 5.73 Å². The lowest BCUT2D eigenvalue weighted by Crippen LogP contribution is -2.38. The maximum Gasteiger partial charge on any atom is 0.203 e. The Labute approximate surface area is 106 Å². The minimum atomic E-state index is 0.199. The minimum absolute atomic E-state index is 0.199. The number of aliphatic hydroxyl groups is 1. The summed E-state index contributed by atoms with van der Waals surface area (Å²) in [6.45, 7) is 1.68. The largest absolute Gasteiger partial charge is 0.395 e. The SMILES string of the molecule is Nc1nnc(CN(CCO)C2CCCCC2)s1. The molecule has 5 nitrogen and oxygen atoms in total. The number of anilines is 1. The van der Waals surface area contributed by atoms with Crippen LogP contribution in [-0.4, -0.2) is 39.4 Å². The third kappa shape index (κ3) is 3.62. The van der Waals surface area contributed by atoms with Crippen LogP contribution in [-0.2, 0) is 6.54 Å². The van der Waals surface area contributed by atoms with Gasteiger partial charge in [-0.1, -0.05) is 30.6 Å². The fourth-order valence-corrected chi connectivity index (χ4v) is 3.10. The van der Waals surface area contributed by atoms with Crippen molar-refractivity contribution in [1.29, 1.82) is 0 Å². The van der Waals surface area contributed by atoms with Gasteiger partial charge in [-0.15, -0.1) is 10.2 Å². The van der Waals surface area contributed by atoms with Crippen LogP contribution in [0.5, 0.6) is 0 Å². The van der Waals surface area contributed by atoms with Crippen LogP contribution in [0, 0.1) is 0 Å². The smallest absolute Gasteiger partial charge is 0.203 e. The highest BCUT2D eigenvalue weighted by molar-refractivity contribution is 7.15. The highest BCUT2D eigenvalue weighted by atomic mass is 32.1. The Kier molecular flexibility index (Phi) is 4.70. The molecule has 2 rings (SSSR count). The third-order valence-corrected chi connectivity index (χ3v) is 4.04. The third-order valence-electron chi connectivity index (χ3n) is 3.30. The minimum Gasteiger partial charge on any atom is -0.395 e. The fourth-order valence-electron chi connectivity index (χ4n) is 2.47. The van der Waals surface area contributed by atoms with Gasteiger partial charge < -0.3 is 10.8 Å². The number of hydrogen-bond acceptors (Lipinski definition) is 6. The van der Waals surface area contributed by atoms with Gasteiger partial charge in [0, 0.05) is 12.6 Å². The van der Waals surface area contributed by atoms with E-state index < -0.39 is 0 Å². The second kappa shape index (κ2) is 6.28. The summed E-state index contributed by atoms with van der Waals surface area (Å²) in [5, 5.41) is 18.5. The maximum atomic E-state index is 9.15. The van der Waals surface area contributed by atoms with Gasteiger partial charge in [0.1, 0.15) is 5.01 Å². The van der Waals surface area contributed by atoms with Gasteiger partial charge in [0.2, 0.25) is 5.13 Å². The molecular weight excluding hydrogens is 236 g/mol. The van der Waals surface area contributed by atoms with Crippen molar-refractivity contribution in [3.8, 4) is 0 Å². The average Bonchev–Trinajstić information content (AvgIpc) is 2.75. The molecule has 0 spiro atoms. The summed E-state index contributed by atoms with van der Waals surface area (Å²) in [5.74, 6) is 0. The van der Waals surface area contributed by atoms with E-state index in [-0.39, 0.29) is 6.61 Å². The number of nitrogens with two attached hydrogens (primary N) is 1. The molecule has 1 aliphatic rings. The fraction of sp³-hybridized carbons (Fsp3) is 0.818. The van der Waals surface area contributed by atoms with Gasteiger partial charge in [-0.25, -0.2) is 0 Å². The quantitative estimate of drug-likeness (QED) is 0.829. The predicted molar refractivity (Wildman–Crippen MR) is 68.7 cm³/mol. The normalized spacial score (nSPS) is 17.8. The molecule has 17 heavy (non-hydrogen) atoms. The van der Waals surface area contributed by atoms with Gasteiger partial charge >= 0.3 is 0 Å². The lowest BCUT2D eigenvalue weighted by molar-refractivity contribution is 0.117. The summed E-state index contributed by atoms with van der Waals surface area (Å²) in [5.41, 5.74) is 5.58. The number of hydrogen-bond donors (Lipinski definition) is 2. The molecule has 6 heteroatoms. The highest BCUT2D eigenvalue weighted by Crippen LogP contribution is 2.24. The van der Waals surface area contributed by atoms with E-state index in [1.807, 2.05) is 0 Å². The van der Waals surface area contributed by atoms with Crippen molar-refractivity contribution in [2.75, 3.05) is 18.9 Å². The van der Waals surface area contributed by atoms with Crippen molar-refractivity contribution in [3.05, 3.63) is 5.01 Å². The number of nitrogens with zero attached hydrogens (tertiary/aromatic N) is 3. The molecule has 0 bridgehead atoms. The van der Waals surface area contributed by atoms with Gasteiger partial charge in [0.15, 0.2) is 0 Å². The summed E-state index contributed by atoms with van der Waals surface area (Å²) in [6.07, 6.45) is 6.40. The molecule has 0 amide bonds. The lowest BCUT2D eigenvalue weighted by Gasteiger charge is -2.33. The number of aliphatic hydroxyl groups excluding tert-OH is 1. The predicted octanol–water partition coefficient (Wildman–Crippen LogP) is 1.25. The molecule has 96 valence electrons. The molecule has 0 atom stereocenters. The van der Waals surface area contributed by atoms with Crippen molar-refractivity contribution in [1.82, 2.24) is 15.1 Å². The Hall–Kier alpha value is -0.720. The second-order valence-electron chi connectivity index (χ2n) is 4.52. The lowest BCUT2D eigenvalue weighted by atomic mass is 9.94. The molecule has 0 unspecified atom stereocenters. The van der Waals surface area contributed by atoms with E-state index in [4.69, 9.17) is 10.8 Å². The monoisotopic (exact) mass is 256 g/mol. The van der Waals surface area contributed by atoms with Gasteiger partial charge in [0.05, 0.1) is 13.2 Å². The van der Waals surface area contributed by atoms with Crippen LogP contribution in [0.4, 0.5) is 5.13 Å². The van der Waals surface area contributed by atoms with E-state index in [0.29, 0.717) is 17.7 Å². The summed E-state index contributed by atoms with van der Waals surface area (Å²) in [6, 6.07) is 0.584. The van der Waals surface area contributed by atoms with Crippen LogP contribution in [0.3, 0.4) is 0 Å². The highest BCUT2D eigenvalue weighted by Gasteiger charge is 2.21. The van der Waals surface area contributed by atoms with Crippen molar-refractivity contribution in [2.45, 2.75) is 44.7 Å². The zero-order valence-corrected chi connectivity index (χ0v) is 10.8. The van der Waals surface area contributed by atoms with Crippen molar-refractivity contribution in [2.24, 2.45) is 0 Å². The number of aromatic nitrogens is 2. The zero-order chi connectivity index (χ0) is 12.1. The molecule has 1 fully saturated rings. The molecule has 0 saturated heterocycles. The first kappa shape index (κ1) is 12.7. The Morgan fingerprint density at radius 3 is 2.65 bits per heavy atom. The molecular formula is C11H20N4OS. The van der Waals surface area contributed by atoms with Gasteiger partial charge in [0.25, 0.3) is 0 Å². The molecule has 0 aromatic carbocycles. The Morgan fingerprint density at radius 2 is 2.06 bits per heavy atom.